The number of hydrogen-bond acceptors (Lipinski definition) is 7. The third-order valence-electron chi connectivity index (χ3n) is 7.38. The number of nitriles is 1. The van der Waals surface area contributed by atoms with Crippen LogP contribution >= 0.6 is 0 Å². The van der Waals surface area contributed by atoms with E-state index in [1.807, 2.05) is 48.0 Å². The number of pyridine rings is 1. The lowest BCUT2D eigenvalue weighted by Crippen LogP contribution is -2.34. The molecule has 2 N–H and O–H groups in total. The van der Waals surface area contributed by atoms with Crippen LogP contribution in [-0.2, 0) is 20.1 Å². The van der Waals surface area contributed by atoms with Crippen LogP contribution in [0, 0.1) is 11.3 Å². The molecule has 9 heteroatoms. The molecule has 6 rings (SSSR count). The van der Waals surface area contributed by atoms with Crippen LogP contribution in [0.5, 0.6) is 0 Å². The first kappa shape index (κ1) is 25.9. The normalized spacial score (nSPS) is 14.9. The van der Waals surface area contributed by atoms with Crippen molar-refractivity contribution in [1.82, 2.24) is 25.1 Å². The van der Waals surface area contributed by atoms with Crippen molar-refractivity contribution in [3.63, 3.8) is 0 Å². The number of aromatic nitrogens is 4. The van der Waals surface area contributed by atoms with Gasteiger partial charge in [-0.2, -0.15) is 5.26 Å². The van der Waals surface area contributed by atoms with Crippen molar-refractivity contribution in [2.75, 3.05) is 11.4 Å². The van der Waals surface area contributed by atoms with Crippen molar-refractivity contribution in [2.45, 2.75) is 51.3 Å². The zero-order valence-electron chi connectivity index (χ0n) is 22.8. The first-order chi connectivity index (χ1) is 19.2. The van der Waals surface area contributed by atoms with Gasteiger partial charge in [-0.1, -0.05) is 18.2 Å². The average molecular weight is 534 g/mol. The Morgan fingerprint density at radius 2 is 1.93 bits per heavy atom. The first-order valence-corrected chi connectivity index (χ1v) is 13.5. The molecule has 40 heavy (non-hydrogen) atoms. The maximum atomic E-state index is 13.7. The number of nitrogens with one attached hydrogen (secondary N) is 1. The van der Waals surface area contributed by atoms with Crippen molar-refractivity contribution in [2.24, 2.45) is 7.05 Å². The summed E-state index contributed by atoms with van der Waals surface area (Å²) in [5.41, 5.74) is 5.98. The highest BCUT2D eigenvalue weighted by molar-refractivity contribution is 6.10. The minimum Gasteiger partial charge on any atom is -0.389 e. The average Bonchev–Trinajstić information content (AvgIpc) is 3.62. The largest absolute Gasteiger partial charge is 0.389 e. The number of amides is 1. The molecule has 4 aromatic rings. The van der Waals surface area contributed by atoms with Crippen molar-refractivity contribution in [3.05, 3.63) is 82.8 Å². The van der Waals surface area contributed by atoms with Gasteiger partial charge in [0.2, 0.25) is 0 Å². The van der Waals surface area contributed by atoms with Crippen LogP contribution in [0.3, 0.4) is 0 Å². The van der Waals surface area contributed by atoms with E-state index in [1.165, 1.54) is 0 Å². The molecule has 0 unspecified atom stereocenters. The Morgan fingerprint density at radius 1 is 1.10 bits per heavy atom. The fourth-order valence-electron chi connectivity index (χ4n) is 5.15. The molecule has 0 bridgehead atoms. The molecule has 0 spiro atoms. The quantitative estimate of drug-likeness (QED) is 0.346. The van der Waals surface area contributed by atoms with Crippen molar-refractivity contribution >= 4 is 11.7 Å². The Balaban J connectivity index is 1.36. The number of anilines is 1. The fourth-order valence-corrected chi connectivity index (χ4v) is 5.15. The van der Waals surface area contributed by atoms with E-state index in [9.17, 15) is 15.2 Å². The molecular formula is C31H31N7O2. The standard InChI is InChI=1S/C31H31N7O2/c1-31(2,40)17-33-15-20-4-6-22-16-38(30(39)25(22)11-20)28-13-23(12-27(35-28)21-7-8-21)24-9-5-19(14-32)10-26(24)29-36-34-18-37(29)3/h4-6,9-13,18,21,33,40H,7-8,15-17H2,1-3H3. The van der Waals surface area contributed by atoms with Crippen molar-refractivity contribution in [3.8, 4) is 28.6 Å². The van der Waals surface area contributed by atoms with Gasteiger partial charge in [0.1, 0.15) is 12.1 Å². The van der Waals surface area contributed by atoms with Crippen LogP contribution in [0.25, 0.3) is 22.5 Å². The number of nitrogens with zero attached hydrogens (tertiary/aromatic N) is 6. The Kier molecular flexibility index (Phi) is 6.45. The number of fused-ring (bicyclic) bond motifs is 1. The van der Waals surface area contributed by atoms with Gasteiger partial charge >= 0.3 is 0 Å². The summed E-state index contributed by atoms with van der Waals surface area (Å²) in [6, 6.07) is 17.8. The lowest BCUT2D eigenvalue weighted by Gasteiger charge is -2.18. The van der Waals surface area contributed by atoms with E-state index in [-0.39, 0.29) is 5.91 Å². The van der Waals surface area contributed by atoms with Gasteiger partial charge in [0.05, 0.1) is 23.8 Å². The Labute approximate surface area is 233 Å². The summed E-state index contributed by atoms with van der Waals surface area (Å²) in [4.78, 5) is 20.4. The van der Waals surface area contributed by atoms with E-state index >= 15 is 0 Å². The second-order valence-corrected chi connectivity index (χ2v) is 11.3. The number of aryl methyl sites for hydroxylation is 1. The van der Waals surface area contributed by atoms with Crippen LogP contribution in [0.1, 0.15) is 65.3 Å². The van der Waals surface area contributed by atoms with Crippen LogP contribution in [0.15, 0.2) is 54.9 Å². The van der Waals surface area contributed by atoms with Crippen molar-refractivity contribution in [1.29, 1.82) is 5.26 Å². The van der Waals surface area contributed by atoms with Crippen molar-refractivity contribution < 1.29 is 9.90 Å². The number of rotatable bonds is 8. The summed E-state index contributed by atoms with van der Waals surface area (Å²) in [7, 11) is 1.88. The van der Waals surface area contributed by atoms with Gasteiger partial charge in [0.25, 0.3) is 5.91 Å². The molecule has 1 aliphatic heterocycles. The molecular weight excluding hydrogens is 502 g/mol. The predicted octanol–water partition coefficient (Wildman–Crippen LogP) is 4.31. The van der Waals surface area contributed by atoms with Gasteiger partial charge in [-0.05, 0) is 79.3 Å². The summed E-state index contributed by atoms with van der Waals surface area (Å²) in [6.07, 6.45) is 3.80. The second-order valence-electron chi connectivity index (χ2n) is 11.3. The highest BCUT2D eigenvalue weighted by Crippen LogP contribution is 2.43. The SMILES string of the molecule is Cn1cnnc1-c1cc(C#N)ccc1-c1cc(C2CC2)nc(N2Cc3ccc(CNCC(C)(C)O)cc3C2=O)c1. The lowest BCUT2D eigenvalue weighted by atomic mass is 9.96. The van der Waals surface area contributed by atoms with Gasteiger partial charge in [-0.15, -0.1) is 10.2 Å². The zero-order chi connectivity index (χ0) is 28.0. The van der Waals surface area contributed by atoms with Gasteiger partial charge in [-0.25, -0.2) is 4.98 Å². The molecule has 0 radical (unpaired) electrons. The molecule has 3 heterocycles. The van der Waals surface area contributed by atoms with E-state index in [0.29, 0.717) is 48.3 Å². The summed E-state index contributed by atoms with van der Waals surface area (Å²) in [5.74, 6) is 1.59. The molecule has 202 valence electrons. The number of aliphatic hydroxyl groups is 1. The lowest BCUT2D eigenvalue weighted by molar-refractivity contribution is 0.0794. The molecule has 2 aromatic heterocycles. The van der Waals surface area contributed by atoms with E-state index in [4.69, 9.17) is 4.98 Å². The van der Waals surface area contributed by atoms with Gasteiger partial charge in [0, 0.05) is 42.9 Å². The third-order valence-corrected chi connectivity index (χ3v) is 7.38. The molecule has 0 atom stereocenters. The minimum absolute atomic E-state index is 0.0703. The fraction of sp³-hybridized carbons (Fsp3) is 0.323. The highest BCUT2D eigenvalue weighted by Gasteiger charge is 2.32. The molecule has 9 nitrogen and oxygen atoms in total. The second kappa shape index (κ2) is 9.97. The van der Waals surface area contributed by atoms with Gasteiger partial charge < -0.3 is 15.0 Å². The van der Waals surface area contributed by atoms with Crippen LogP contribution in [0.4, 0.5) is 5.82 Å². The van der Waals surface area contributed by atoms with E-state index in [0.717, 1.165) is 46.4 Å². The minimum atomic E-state index is -0.805. The third kappa shape index (κ3) is 5.11. The van der Waals surface area contributed by atoms with Gasteiger partial charge in [0.15, 0.2) is 5.82 Å². The molecule has 2 aliphatic rings. The number of carbonyl (C=O) groups is 1. The summed E-state index contributed by atoms with van der Waals surface area (Å²) in [6.45, 7) is 4.99. The molecule has 1 aliphatic carbocycles. The summed E-state index contributed by atoms with van der Waals surface area (Å²) in [5, 5.41) is 31.1. The molecule has 1 fully saturated rings. The smallest absolute Gasteiger partial charge is 0.260 e. The highest BCUT2D eigenvalue weighted by atomic mass is 16.3. The first-order valence-electron chi connectivity index (χ1n) is 13.5. The number of benzene rings is 2. The molecule has 0 saturated heterocycles. The monoisotopic (exact) mass is 533 g/mol. The zero-order valence-corrected chi connectivity index (χ0v) is 22.8. The van der Waals surface area contributed by atoms with E-state index < -0.39 is 5.60 Å². The Hall–Kier alpha value is -4.39. The maximum absolute atomic E-state index is 13.7. The summed E-state index contributed by atoms with van der Waals surface area (Å²) < 4.78 is 1.83. The number of carbonyl (C=O) groups excluding carboxylic acids is 1. The summed E-state index contributed by atoms with van der Waals surface area (Å²) >= 11 is 0. The molecule has 1 saturated carbocycles. The molecule has 1 amide bonds. The van der Waals surface area contributed by atoms with Crippen LogP contribution in [-0.4, -0.2) is 42.9 Å². The van der Waals surface area contributed by atoms with Crippen LogP contribution in [0.2, 0.25) is 0 Å². The van der Waals surface area contributed by atoms with Crippen LogP contribution < -0.4 is 10.2 Å². The van der Waals surface area contributed by atoms with Gasteiger partial charge in [-0.3, -0.25) is 9.69 Å². The Bertz CT molecular complexity index is 1660. The number of hydrogen-bond donors (Lipinski definition) is 2. The molecule has 2 aromatic carbocycles. The predicted molar refractivity (Wildman–Crippen MR) is 151 cm³/mol. The Morgan fingerprint density at radius 3 is 2.62 bits per heavy atom. The van der Waals surface area contributed by atoms with E-state index in [1.54, 1.807) is 31.1 Å². The van der Waals surface area contributed by atoms with E-state index in [2.05, 4.69) is 27.6 Å². The maximum Gasteiger partial charge on any atom is 0.260 e. The topological polar surface area (TPSA) is 120 Å².